The molecule has 0 saturated heterocycles. The molecule has 0 rings (SSSR count). The first-order chi connectivity index (χ1) is 13.1. The number of amides is 2. The second-order valence-corrected chi connectivity index (χ2v) is 9.27. The fourth-order valence-corrected chi connectivity index (χ4v) is 3.62. The van der Waals surface area contributed by atoms with Crippen LogP contribution in [0.2, 0.25) is 0 Å². The summed E-state index contributed by atoms with van der Waals surface area (Å²) < 4.78 is 5.24. The van der Waals surface area contributed by atoms with Crippen LogP contribution < -0.4 is 16.0 Å². The third kappa shape index (κ3) is 14.0. The molecular weight excluding hydrogens is 410 g/mol. The average Bonchev–Trinajstić information content (AvgIpc) is 2.60. The van der Waals surface area contributed by atoms with Crippen LogP contribution in [0.3, 0.4) is 0 Å². The SMILES string of the molecule is CC(=O)NCCSSCCNC(O)OCC(C)(C)[C@@H](O)C(=O)NCCC(=O)O. The number of carboxylic acids is 1. The Hall–Kier alpha value is -1.05. The van der Waals surface area contributed by atoms with Gasteiger partial charge in [-0.15, -0.1) is 0 Å². The second kappa shape index (κ2) is 14.9. The number of carbonyl (C=O) groups is 3. The molecule has 0 heterocycles. The summed E-state index contributed by atoms with van der Waals surface area (Å²) in [5, 5.41) is 36.2. The van der Waals surface area contributed by atoms with Gasteiger partial charge in [-0.25, -0.2) is 0 Å². The van der Waals surface area contributed by atoms with Gasteiger partial charge >= 0.3 is 5.97 Å². The zero-order chi connectivity index (χ0) is 21.6. The van der Waals surface area contributed by atoms with E-state index in [9.17, 15) is 24.6 Å². The van der Waals surface area contributed by atoms with Crippen molar-refractivity contribution in [3.8, 4) is 0 Å². The van der Waals surface area contributed by atoms with Crippen molar-refractivity contribution in [2.75, 3.05) is 37.7 Å². The largest absolute Gasteiger partial charge is 0.481 e. The fraction of sp³-hybridized carbons (Fsp3) is 0.812. The molecule has 0 radical (unpaired) electrons. The lowest BCUT2D eigenvalue weighted by atomic mass is 9.87. The van der Waals surface area contributed by atoms with E-state index in [1.54, 1.807) is 35.4 Å². The van der Waals surface area contributed by atoms with E-state index in [-0.39, 0.29) is 25.5 Å². The number of nitrogens with one attached hydrogen (secondary N) is 3. The Balaban J connectivity index is 3.92. The first kappa shape index (κ1) is 27.0. The van der Waals surface area contributed by atoms with Gasteiger partial charge in [-0.1, -0.05) is 35.4 Å². The maximum Gasteiger partial charge on any atom is 0.305 e. The number of rotatable bonds is 16. The summed E-state index contributed by atoms with van der Waals surface area (Å²) in [6.45, 7) is 5.59. The summed E-state index contributed by atoms with van der Waals surface area (Å²) in [5.41, 5.74) is -0.982. The fourth-order valence-electron chi connectivity index (χ4n) is 1.79. The van der Waals surface area contributed by atoms with E-state index in [1.807, 2.05) is 0 Å². The number of aliphatic carboxylic acids is 1. The molecule has 12 heteroatoms. The molecule has 6 N–H and O–H groups in total. The minimum atomic E-state index is -1.41. The first-order valence-corrected chi connectivity index (χ1v) is 11.2. The highest BCUT2D eigenvalue weighted by Crippen LogP contribution is 2.22. The highest BCUT2D eigenvalue weighted by Gasteiger charge is 2.34. The van der Waals surface area contributed by atoms with Crippen LogP contribution in [-0.2, 0) is 19.1 Å². The third-order valence-corrected chi connectivity index (χ3v) is 5.80. The topological polar surface area (TPSA) is 157 Å². The molecule has 0 spiro atoms. The molecule has 28 heavy (non-hydrogen) atoms. The summed E-state index contributed by atoms with van der Waals surface area (Å²) >= 11 is 0. The molecule has 0 aliphatic carbocycles. The summed E-state index contributed by atoms with van der Waals surface area (Å²) in [4.78, 5) is 33.0. The van der Waals surface area contributed by atoms with Crippen molar-refractivity contribution in [2.24, 2.45) is 5.41 Å². The van der Waals surface area contributed by atoms with Gasteiger partial charge in [0.2, 0.25) is 18.2 Å². The first-order valence-electron chi connectivity index (χ1n) is 8.75. The highest BCUT2D eigenvalue weighted by molar-refractivity contribution is 8.76. The van der Waals surface area contributed by atoms with Crippen molar-refractivity contribution in [1.29, 1.82) is 0 Å². The normalized spacial score (nSPS) is 13.6. The summed E-state index contributed by atoms with van der Waals surface area (Å²) in [6.07, 6.45) is -2.89. The van der Waals surface area contributed by atoms with Crippen LogP contribution in [0.1, 0.15) is 27.2 Å². The van der Waals surface area contributed by atoms with E-state index in [4.69, 9.17) is 9.84 Å². The van der Waals surface area contributed by atoms with Crippen molar-refractivity contribution < 1.29 is 34.4 Å². The van der Waals surface area contributed by atoms with E-state index in [0.29, 0.717) is 18.8 Å². The molecule has 0 aromatic heterocycles. The molecule has 1 unspecified atom stereocenters. The van der Waals surface area contributed by atoms with Crippen molar-refractivity contribution >= 4 is 39.4 Å². The maximum absolute atomic E-state index is 11.9. The summed E-state index contributed by atoms with van der Waals surface area (Å²) in [5.74, 6) is -0.299. The molecule has 2 amide bonds. The zero-order valence-corrected chi connectivity index (χ0v) is 18.0. The number of aliphatic hydroxyl groups is 2. The maximum atomic E-state index is 11.9. The Morgan fingerprint density at radius 2 is 1.64 bits per heavy atom. The third-order valence-electron chi connectivity index (χ3n) is 3.39. The number of carboxylic acid groups (broad SMARTS) is 1. The molecule has 164 valence electrons. The average molecular weight is 442 g/mol. The van der Waals surface area contributed by atoms with Gasteiger partial charge in [-0.3, -0.25) is 19.7 Å². The Bertz CT molecular complexity index is 495. The van der Waals surface area contributed by atoms with E-state index >= 15 is 0 Å². The molecule has 0 saturated carbocycles. The van der Waals surface area contributed by atoms with Crippen molar-refractivity contribution in [3.63, 3.8) is 0 Å². The number of hydrogen-bond acceptors (Lipinski definition) is 9. The van der Waals surface area contributed by atoms with Crippen LogP contribution in [0.15, 0.2) is 0 Å². The van der Waals surface area contributed by atoms with Gasteiger partial charge in [-0.05, 0) is 0 Å². The minimum absolute atomic E-state index is 0.0571. The molecule has 0 aliphatic rings. The number of ether oxygens (including phenoxy) is 1. The van der Waals surface area contributed by atoms with Gasteiger partial charge in [-0.2, -0.15) is 0 Å². The molecule has 0 aromatic rings. The molecular formula is C16H31N3O7S2. The smallest absolute Gasteiger partial charge is 0.305 e. The number of hydrogen-bond donors (Lipinski definition) is 6. The lowest BCUT2D eigenvalue weighted by Crippen LogP contribution is -2.47. The van der Waals surface area contributed by atoms with E-state index in [0.717, 1.165) is 5.75 Å². The molecule has 0 fully saturated rings. The van der Waals surface area contributed by atoms with Crippen LogP contribution >= 0.6 is 21.6 Å². The van der Waals surface area contributed by atoms with Crippen molar-refractivity contribution in [3.05, 3.63) is 0 Å². The summed E-state index contributed by atoms with van der Waals surface area (Å²) in [7, 11) is 3.20. The van der Waals surface area contributed by atoms with E-state index < -0.39 is 29.8 Å². The predicted octanol–water partition coefficient (Wildman–Crippen LogP) is -0.636. The highest BCUT2D eigenvalue weighted by atomic mass is 33.1. The molecule has 0 bridgehead atoms. The minimum Gasteiger partial charge on any atom is -0.481 e. The van der Waals surface area contributed by atoms with Gasteiger partial charge in [0.1, 0.15) is 6.10 Å². The molecule has 0 aliphatic heterocycles. The zero-order valence-electron chi connectivity index (χ0n) is 16.4. The van der Waals surface area contributed by atoms with Crippen LogP contribution in [0, 0.1) is 5.41 Å². The lowest BCUT2D eigenvalue weighted by Gasteiger charge is -2.30. The van der Waals surface area contributed by atoms with Gasteiger partial charge in [0.25, 0.3) is 0 Å². The molecule has 10 nitrogen and oxygen atoms in total. The van der Waals surface area contributed by atoms with Gasteiger partial charge < -0.3 is 30.7 Å². The van der Waals surface area contributed by atoms with Gasteiger partial charge in [0.15, 0.2) is 0 Å². The Morgan fingerprint density at radius 3 is 2.21 bits per heavy atom. The van der Waals surface area contributed by atoms with Crippen molar-refractivity contribution in [2.45, 2.75) is 39.7 Å². The Kier molecular flexibility index (Phi) is 14.3. The van der Waals surface area contributed by atoms with Gasteiger partial charge in [0.05, 0.1) is 13.0 Å². The van der Waals surface area contributed by atoms with E-state index in [1.165, 1.54) is 6.92 Å². The lowest BCUT2D eigenvalue weighted by molar-refractivity contribution is -0.161. The number of carbonyl (C=O) groups excluding carboxylic acids is 2. The van der Waals surface area contributed by atoms with Crippen LogP contribution in [-0.4, -0.2) is 83.4 Å². The predicted molar refractivity (Wildman–Crippen MR) is 109 cm³/mol. The van der Waals surface area contributed by atoms with Crippen LogP contribution in [0.4, 0.5) is 0 Å². The standard InChI is InChI=1S/C16H31N3O7S2/c1-11(20)17-6-8-27-28-9-7-19-15(25)26-10-16(2,3)13(23)14(24)18-5-4-12(21)22/h13,15,19,23,25H,4-10H2,1-3H3,(H,17,20)(H,18,24)(H,21,22)/t13-,15?/m0/s1. The van der Waals surface area contributed by atoms with Crippen LogP contribution in [0.5, 0.6) is 0 Å². The Labute approximate surface area is 172 Å². The second-order valence-electron chi connectivity index (χ2n) is 6.57. The van der Waals surface area contributed by atoms with Gasteiger partial charge in [0, 0.05) is 43.5 Å². The Morgan fingerprint density at radius 1 is 1.04 bits per heavy atom. The van der Waals surface area contributed by atoms with Crippen molar-refractivity contribution in [1.82, 2.24) is 16.0 Å². The summed E-state index contributed by atoms with van der Waals surface area (Å²) in [6, 6.07) is 0. The molecule has 2 atom stereocenters. The molecule has 0 aromatic carbocycles. The van der Waals surface area contributed by atoms with Crippen LogP contribution in [0.25, 0.3) is 0 Å². The monoisotopic (exact) mass is 441 g/mol. The quantitative estimate of drug-likeness (QED) is 0.103. The number of aliphatic hydroxyl groups excluding tert-OH is 2. The van der Waals surface area contributed by atoms with E-state index in [2.05, 4.69) is 16.0 Å².